The quantitative estimate of drug-likeness (QED) is 0.451. The van der Waals surface area contributed by atoms with Crippen molar-refractivity contribution in [1.82, 2.24) is 10.6 Å². The molecule has 3 nitrogen and oxygen atoms in total. The van der Waals surface area contributed by atoms with Gasteiger partial charge in [-0.2, -0.15) is 0 Å². The van der Waals surface area contributed by atoms with Crippen LogP contribution in [0.5, 0.6) is 0 Å². The summed E-state index contributed by atoms with van der Waals surface area (Å²) >= 11 is 0. The van der Waals surface area contributed by atoms with E-state index in [0.717, 1.165) is 12.4 Å². The van der Waals surface area contributed by atoms with Crippen LogP contribution in [0.25, 0.3) is 0 Å². The van der Waals surface area contributed by atoms with Crippen LogP contribution in [0.15, 0.2) is 12.4 Å². The molecular weight excluding hydrogens is 102 g/mol. The molecule has 0 saturated carbocycles. The van der Waals surface area contributed by atoms with Gasteiger partial charge in [0.05, 0.1) is 5.82 Å². The van der Waals surface area contributed by atoms with Crippen LogP contribution in [-0.4, -0.2) is 20.1 Å². The average Bonchev–Trinajstić information content (AvgIpc) is 1.83. The van der Waals surface area contributed by atoms with Crippen molar-refractivity contribution in [1.29, 1.82) is 0 Å². The summed E-state index contributed by atoms with van der Waals surface area (Å²) in [5.41, 5.74) is 5.20. The second kappa shape index (κ2) is 4.46. The number of hydrogen-bond acceptors (Lipinski definition) is 3. The van der Waals surface area contributed by atoms with E-state index in [-0.39, 0.29) is 0 Å². The molecule has 0 aliphatic carbocycles. The maximum atomic E-state index is 5.20. The second-order valence-electron chi connectivity index (χ2n) is 1.44. The minimum atomic E-state index is 0.640. The minimum Gasteiger partial charge on any atom is -0.375 e. The standard InChI is InChI=1S/C5H13N3/c1-5(7-2)8-4-3-6/h7-8H,1,3-4,6H2,2H3. The molecular formula is C5H13N3. The fourth-order valence-electron chi connectivity index (χ4n) is 0.311. The van der Waals surface area contributed by atoms with Crippen molar-refractivity contribution in [3.8, 4) is 0 Å². The molecule has 0 aromatic rings. The predicted octanol–water partition coefficient (Wildman–Crippen LogP) is -0.775. The first-order valence-electron chi connectivity index (χ1n) is 2.62. The van der Waals surface area contributed by atoms with Crippen LogP contribution in [0.3, 0.4) is 0 Å². The van der Waals surface area contributed by atoms with Gasteiger partial charge in [0.1, 0.15) is 0 Å². The smallest absolute Gasteiger partial charge is 0.0910 e. The van der Waals surface area contributed by atoms with Crippen molar-refractivity contribution in [2.75, 3.05) is 20.1 Å². The monoisotopic (exact) mass is 115 g/mol. The van der Waals surface area contributed by atoms with E-state index in [1.807, 2.05) is 7.05 Å². The van der Waals surface area contributed by atoms with Crippen molar-refractivity contribution in [2.24, 2.45) is 5.73 Å². The Hall–Kier alpha value is -0.700. The molecule has 0 fully saturated rings. The van der Waals surface area contributed by atoms with E-state index in [9.17, 15) is 0 Å². The Bertz CT molecular complexity index is 70.1. The summed E-state index contributed by atoms with van der Waals surface area (Å²) < 4.78 is 0. The van der Waals surface area contributed by atoms with Crippen LogP contribution in [0.2, 0.25) is 0 Å². The van der Waals surface area contributed by atoms with Crippen molar-refractivity contribution in [3.05, 3.63) is 12.4 Å². The largest absolute Gasteiger partial charge is 0.375 e. The summed E-state index contributed by atoms with van der Waals surface area (Å²) in [5, 5.41) is 5.79. The average molecular weight is 115 g/mol. The highest BCUT2D eigenvalue weighted by molar-refractivity contribution is 4.85. The summed E-state index contributed by atoms with van der Waals surface area (Å²) in [7, 11) is 1.81. The van der Waals surface area contributed by atoms with Crippen LogP contribution >= 0.6 is 0 Å². The van der Waals surface area contributed by atoms with Gasteiger partial charge in [-0.15, -0.1) is 0 Å². The third-order valence-electron chi connectivity index (χ3n) is 0.785. The summed E-state index contributed by atoms with van der Waals surface area (Å²) in [4.78, 5) is 0. The summed E-state index contributed by atoms with van der Waals surface area (Å²) in [6.07, 6.45) is 0. The molecule has 0 aromatic carbocycles. The van der Waals surface area contributed by atoms with Gasteiger partial charge in [0.25, 0.3) is 0 Å². The topological polar surface area (TPSA) is 50.1 Å². The van der Waals surface area contributed by atoms with E-state index in [1.165, 1.54) is 0 Å². The molecule has 0 amide bonds. The van der Waals surface area contributed by atoms with Crippen LogP contribution in [-0.2, 0) is 0 Å². The molecule has 0 aromatic heterocycles. The van der Waals surface area contributed by atoms with E-state index < -0.39 is 0 Å². The highest BCUT2D eigenvalue weighted by atomic mass is 15.1. The lowest BCUT2D eigenvalue weighted by molar-refractivity contribution is 0.739. The number of nitrogens with two attached hydrogens (primary N) is 1. The number of nitrogens with one attached hydrogen (secondary N) is 2. The first-order valence-corrected chi connectivity index (χ1v) is 2.62. The van der Waals surface area contributed by atoms with Gasteiger partial charge in [0, 0.05) is 20.1 Å². The van der Waals surface area contributed by atoms with Gasteiger partial charge < -0.3 is 16.4 Å². The fourth-order valence-corrected chi connectivity index (χ4v) is 0.311. The van der Waals surface area contributed by atoms with Gasteiger partial charge in [-0.05, 0) is 0 Å². The number of hydrogen-bond donors (Lipinski definition) is 3. The first kappa shape index (κ1) is 7.30. The van der Waals surface area contributed by atoms with E-state index in [2.05, 4.69) is 17.2 Å². The molecule has 0 atom stereocenters. The van der Waals surface area contributed by atoms with E-state index >= 15 is 0 Å². The van der Waals surface area contributed by atoms with Crippen molar-refractivity contribution in [3.63, 3.8) is 0 Å². The molecule has 0 radical (unpaired) electrons. The molecule has 0 rings (SSSR count). The predicted molar refractivity (Wildman–Crippen MR) is 35.3 cm³/mol. The van der Waals surface area contributed by atoms with Gasteiger partial charge in [0.2, 0.25) is 0 Å². The molecule has 0 saturated heterocycles. The molecule has 0 spiro atoms. The zero-order valence-corrected chi connectivity index (χ0v) is 5.20. The Morgan fingerprint density at radius 3 is 2.75 bits per heavy atom. The molecule has 48 valence electrons. The van der Waals surface area contributed by atoms with Crippen molar-refractivity contribution in [2.45, 2.75) is 0 Å². The second-order valence-corrected chi connectivity index (χ2v) is 1.44. The number of rotatable bonds is 4. The Balaban J connectivity index is 2.99. The molecule has 0 aliphatic heterocycles. The Morgan fingerprint density at radius 2 is 2.38 bits per heavy atom. The van der Waals surface area contributed by atoms with E-state index in [1.54, 1.807) is 0 Å². The molecule has 0 bridgehead atoms. The summed E-state index contributed by atoms with van der Waals surface area (Å²) in [6, 6.07) is 0. The van der Waals surface area contributed by atoms with Gasteiger partial charge in [0.15, 0.2) is 0 Å². The highest BCUT2D eigenvalue weighted by Gasteiger charge is 1.81. The third-order valence-corrected chi connectivity index (χ3v) is 0.785. The fraction of sp³-hybridized carbons (Fsp3) is 0.600. The zero-order valence-electron chi connectivity index (χ0n) is 5.20. The zero-order chi connectivity index (χ0) is 6.41. The first-order chi connectivity index (χ1) is 3.81. The lowest BCUT2D eigenvalue weighted by atomic mass is 10.6. The molecule has 0 heterocycles. The Morgan fingerprint density at radius 1 is 1.75 bits per heavy atom. The molecule has 8 heavy (non-hydrogen) atoms. The third kappa shape index (κ3) is 3.49. The Kier molecular flexibility index (Phi) is 4.07. The normalized spacial score (nSPS) is 8.25. The van der Waals surface area contributed by atoms with Crippen molar-refractivity contribution < 1.29 is 0 Å². The van der Waals surface area contributed by atoms with Crippen LogP contribution in [0.4, 0.5) is 0 Å². The van der Waals surface area contributed by atoms with Gasteiger partial charge >= 0.3 is 0 Å². The highest BCUT2D eigenvalue weighted by Crippen LogP contribution is 1.67. The van der Waals surface area contributed by atoms with Crippen LogP contribution < -0.4 is 16.4 Å². The Labute approximate surface area is 49.9 Å². The molecule has 3 heteroatoms. The molecule has 4 N–H and O–H groups in total. The molecule has 0 aliphatic rings. The van der Waals surface area contributed by atoms with E-state index in [0.29, 0.717) is 6.54 Å². The van der Waals surface area contributed by atoms with Crippen molar-refractivity contribution >= 4 is 0 Å². The molecule has 0 unspecified atom stereocenters. The minimum absolute atomic E-state index is 0.640. The van der Waals surface area contributed by atoms with Gasteiger partial charge in [-0.3, -0.25) is 0 Å². The summed E-state index contributed by atoms with van der Waals surface area (Å²) in [6.45, 7) is 5.05. The van der Waals surface area contributed by atoms with E-state index in [4.69, 9.17) is 5.73 Å². The van der Waals surface area contributed by atoms with Gasteiger partial charge in [-0.25, -0.2) is 0 Å². The summed E-state index contributed by atoms with van der Waals surface area (Å²) in [5.74, 6) is 0.815. The lowest BCUT2D eigenvalue weighted by Crippen LogP contribution is -2.27. The maximum absolute atomic E-state index is 5.20. The SMILES string of the molecule is C=C(NC)NCCN. The van der Waals surface area contributed by atoms with Crippen LogP contribution in [0, 0.1) is 0 Å². The van der Waals surface area contributed by atoms with Crippen LogP contribution in [0.1, 0.15) is 0 Å². The van der Waals surface area contributed by atoms with Gasteiger partial charge in [-0.1, -0.05) is 6.58 Å². The maximum Gasteiger partial charge on any atom is 0.0910 e. The lowest BCUT2D eigenvalue weighted by Gasteiger charge is -2.05.